The highest BCUT2D eigenvalue weighted by Crippen LogP contribution is 2.37. The molecule has 3 amide bonds. The Labute approximate surface area is 129 Å². The van der Waals surface area contributed by atoms with Crippen molar-refractivity contribution in [3.63, 3.8) is 0 Å². The fourth-order valence-corrected chi connectivity index (χ4v) is 3.17. The number of amides is 3. The van der Waals surface area contributed by atoms with E-state index >= 15 is 0 Å². The standard InChI is InChI=1S/C16H21N3O3/c1-22-8-6-17-16(21)18-13-9-11-3-2-7-19-14(20)5-4-12(10-13)15(11)19/h9-10H,2-8H2,1H3,(H2,17,18,21). The molecule has 118 valence electrons. The van der Waals surface area contributed by atoms with Crippen molar-refractivity contribution in [2.24, 2.45) is 0 Å². The molecule has 3 rings (SSSR count). The second-order valence-electron chi connectivity index (χ2n) is 5.67. The first kappa shape index (κ1) is 14.8. The Bertz CT molecular complexity index is 583. The fraction of sp³-hybridized carbons (Fsp3) is 0.500. The van der Waals surface area contributed by atoms with Gasteiger partial charge in [0.2, 0.25) is 5.91 Å². The molecular formula is C16H21N3O3. The fourth-order valence-electron chi connectivity index (χ4n) is 3.17. The van der Waals surface area contributed by atoms with Crippen LogP contribution >= 0.6 is 0 Å². The third-order valence-corrected chi connectivity index (χ3v) is 4.12. The van der Waals surface area contributed by atoms with Crippen LogP contribution < -0.4 is 15.5 Å². The van der Waals surface area contributed by atoms with Gasteiger partial charge in [-0.05, 0) is 42.5 Å². The van der Waals surface area contributed by atoms with Crippen molar-refractivity contribution >= 4 is 23.3 Å². The van der Waals surface area contributed by atoms with Crippen molar-refractivity contribution in [1.29, 1.82) is 0 Å². The monoisotopic (exact) mass is 303 g/mol. The molecule has 0 spiro atoms. The van der Waals surface area contributed by atoms with E-state index in [1.807, 2.05) is 17.0 Å². The maximum atomic E-state index is 12.0. The number of rotatable bonds is 4. The highest BCUT2D eigenvalue weighted by atomic mass is 16.5. The largest absolute Gasteiger partial charge is 0.383 e. The van der Waals surface area contributed by atoms with Gasteiger partial charge in [-0.3, -0.25) is 4.79 Å². The Kier molecular flexibility index (Phi) is 4.29. The molecule has 0 aromatic heterocycles. The number of ether oxygens (including phenoxy) is 1. The number of urea groups is 1. The molecule has 2 N–H and O–H groups in total. The van der Waals surface area contributed by atoms with Crippen LogP contribution in [0.25, 0.3) is 0 Å². The lowest BCUT2D eigenvalue weighted by molar-refractivity contribution is -0.119. The lowest BCUT2D eigenvalue weighted by Gasteiger charge is -2.35. The molecule has 0 atom stereocenters. The van der Waals surface area contributed by atoms with E-state index in [1.54, 1.807) is 7.11 Å². The van der Waals surface area contributed by atoms with E-state index in [0.29, 0.717) is 19.6 Å². The summed E-state index contributed by atoms with van der Waals surface area (Å²) in [6.45, 7) is 1.77. The van der Waals surface area contributed by atoms with Crippen LogP contribution in [0.2, 0.25) is 0 Å². The summed E-state index contributed by atoms with van der Waals surface area (Å²) in [7, 11) is 1.60. The lowest BCUT2D eigenvalue weighted by Crippen LogP contribution is -2.39. The lowest BCUT2D eigenvalue weighted by atomic mass is 9.91. The van der Waals surface area contributed by atoms with E-state index in [0.717, 1.165) is 48.3 Å². The van der Waals surface area contributed by atoms with Gasteiger partial charge in [0, 0.05) is 32.3 Å². The summed E-state index contributed by atoms with van der Waals surface area (Å²) in [6.07, 6.45) is 3.23. The molecule has 0 radical (unpaired) electrons. The highest BCUT2D eigenvalue weighted by molar-refractivity contribution is 5.99. The topological polar surface area (TPSA) is 70.7 Å². The van der Waals surface area contributed by atoms with Gasteiger partial charge >= 0.3 is 6.03 Å². The second-order valence-corrected chi connectivity index (χ2v) is 5.67. The van der Waals surface area contributed by atoms with Crippen LogP contribution in [0.4, 0.5) is 16.2 Å². The van der Waals surface area contributed by atoms with Gasteiger partial charge < -0.3 is 20.3 Å². The molecule has 0 bridgehead atoms. The average Bonchev–Trinajstić information content (AvgIpc) is 2.51. The first-order valence-corrected chi connectivity index (χ1v) is 7.69. The molecule has 0 saturated carbocycles. The number of benzene rings is 1. The summed E-state index contributed by atoms with van der Waals surface area (Å²) in [6, 6.07) is 3.74. The molecule has 0 fully saturated rings. The van der Waals surface area contributed by atoms with Crippen molar-refractivity contribution in [1.82, 2.24) is 5.32 Å². The minimum atomic E-state index is -0.233. The Morgan fingerprint density at radius 3 is 2.82 bits per heavy atom. The van der Waals surface area contributed by atoms with E-state index in [1.165, 1.54) is 0 Å². The van der Waals surface area contributed by atoms with Gasteiger partial charge in [0.1, 0.15) is 0 Å². The zero-order valence-electron chi connectivity index (χ0n) is 12.8. The third-order valence-electron chi connectivity index (χ3n) is 4.12. The van der Waals surface area contributed by atoms with Crippen LogP contribution in [-0.4, -0.2) is 38.7 Å². The zero-order chi connectivity index (χ0) is 15.5. The number of methoxy groups -OCH3 is 1. The number of nitrogens with one attached hydrogen (secondary N) is 2. The molecule has 6 nitrogen and oxygen atoms in total. The van der Waals surface area contributed by atoms with Crippen molar-refractivity contribution in [3.8, 4) is 0 Å². The maximum absolute atomic E-state index is 12.0. The Hall–Kier alpha value is -2.08. The predicted octanol–water partition coefficient (Wildman–Crippen LogP) is 1.68. The number of carbonyl (C=O) groups is 2. The Morgan fingerprint density at radius 1 is 1.27 bits per heavy atom. The summed E-state index contributed by atoms with van der Waals surface area (Å²) in [5.41, 5.74) is 4.18. The van der Waals surface area contributed by atoms with E-state index in [2.05, 4.69) is 10.6 Å². The summed E-state index contributed by atoms with van der Waals surface area (Å²) in [5, 5.41) is 5.61. The number of hydrogen-bond donors (Lipinski definition) is 2. The van der Waals surface area contributed by atoms with Gasteiger partial charge in [-0.1, -0.05) is 0 Å². The van der Waals surface area contributed by atoms with Crippen LogP contribution in [0, 0.1) is 0 Å². The van der Waals surface area contributed by atoms with Crippen LogP contribution in [0.15, 0.2) is 12.1 Å². The minimum Gasteiger partial charge on any atom is -0.383 e. The quantitative estimate of drug-likeness (QED) is 0.831. The van der Waals surface area contributed by atoms with E-state index < -0.39 is 0 Å². The molecule has 0 unspecified atom stereocenters. The Balaban J connectivity index is 1.78. The predicted molar refractivity (Wildman–Crippen MR) is 84.3 cm³/mol. The Morgan fingerprint density at radius 2 is 2.05 bits per heavy atom. The zero-order valence-corrected chi connectivity index (χ0v) is 12.8. The van der Waals surface area contributed by atoms with Gasteiger partial charge in [0.15, 0.2) is 0 Å². The first-order valence-electron chi connectivity index (χ1n) is 7.69. The van der Waals surface area contributed by atoms with Gasteiger partial charge in [-0.25, -0.2) is 4.79 Å². The molecule has 1 aromatic carbocycles. The van der Waals surface area contributed by atoms with Gasteiger partial charge in [0.25, 0.3) is 0 Å². The molecule has 1 aromatic rings. The molecule has 2 heterocycles. The first-order chi connectivity index (χ1) is 10.7. The van der Waals surface area contributed by atoms with Crippen molar-refractivity contribution in [3.05, 3.63) is 23.3 Å². The van der Waals surface area contributed by atoms with Crippen LogP contribution in [0.5, 0.6) is 0 Å². The van der Waals surface area contributed by atoms with Crippen molar-refractivity contribution < 1.29 is 14.3 Å². The van der Waals surface area contributed by atoms with Crippen LogP contribution in [0.1, 0.15) is 24.0 Å². The number of nitrogens with zero attached hydrogens (tertiary/aromatic N) is 1. The molecule has 0 saturated heterocycles. The average molecular weight is 303 g/mol. The minimum absolute atomic E-state index is 0.214. The maximum Gasteiger partial charge on any atom is 0.319 e. The highest BCUT2D eigenvalue weighted by Gasteiger charge is 2.29. The summed E-state index contributed by atoms with van der Waals surface area (Å²) < 4.78 is 4.90. The van der Waals surface area contributed by atoms with Gasteiger partial charge in [-0.15, -0.1) is 0 Å². The van der Waals surface area contributed by atoms with Gasteiger partial charge in [-0.2, -0.15) is 0 Å². The normalized spacial score (nSPS) is 16.2. The summed E-state index contributed by atoms with van der Waals surface area (Å²) in [4.78, 5) is 25.8. The van der Waals surface area contributed by atoms with E-state index in [-0.39, 0.29) is 11.9 Å². The van der Waals surface area contributed by atoms with E-state index in [4.69, 9.17) is 4.74 Å². The van der Waals surface area contributed by atoms with Crippen LogP contribution in [-0.2, 0) is 22.4 Å². The summed E-state index contributed by atoms with van der Waals surface area (Å²) in [5.74, 6) is 0.214. The molecule has 6 heteroatoms. The number of hydrogen-bond acceptors (Lipinski definition) is 3. The number of aryl methyl sites for hydroxylation is 2. The number of carbonyl (C=O) groups excluding carboxylic acids is 2. The smallest absolute Gasteiger partial charge is 0.319 e. The number of anilines is 2. The molecular weight excluding hydrogens is 282 g/mol. The third kappa shape index (κ3) is 2.92. The molecule has 22 heavy (non-hydrogen) atoms. The SMILES string of the molecule is COCCNC(=O)Nc1cc2c3c(c1)CCC(=O)N3CCC2. The molecule has 2 aliphatic rings. The van der Waals surface area contributed by atoms with Gasteiger partial charge in [0.05, 0.1) is 12.3 Å². The summed E-state index contributed by atoms with van der Waals surface area (Å²) >= 11 is 0. The van der Waals surface area contributed by atoms with Crippen LogP contribution in [0.3, 0.4) is 0 Å². The van der Waals surface area contributed by atoms with Crippen molar-refractivity contribution in [2.75, 3.05) is 37.0 Å². The molecule has 2 aliphatic heterocycles. The van der Waals surface area contributed by atoms with Crippen molar-refractivity contribution in [2.45, 2.75) is 25.7 Å². The molecule has 0 aliphatic carbocycles. The van der Waals surface area contributed by atoms with E-state index in [9.17, 15) is 9.59 Å². The second kappa shape index (κ2) is 6.36.